The van der Waals surface area contributed by atoms with E-state index in [2.05, 4.69) is 4.99 Å². The molecule has 34 heavy (non-hydrogen) atoms. The number of hydrogen-bond acceptors (Lipinski definition) is 8. The molecule has 0 spiro atoms. The van der Waals surface area contributed by atoms with Crippen molar-refractivity contribution in [3.63, 3.8) is 0 Å². The van der Waals surface area contributed by atoms with E-state index in [0.29, 0.717) is 16.1 Å². The van der Waals surface area contributed by atoms with Crippen LogP contribution in [0.15, 0.2) is 77.4 Å². The van der Waals surface area contributed by atoms with Crippen molar-refractivity contribution >= 4 is 41.2 Å². The zero-order chi connectivity index (χ0) is 24.2. The minimum atomic E-state index is -0.712. The Morgan fingerprint density at radius 3 is 2.41 bits per heavy atom. The van der Waals surface area contributed by atoms with Crippen molar-refractivity contribution in [3.05, 3.63) is 104 Å². The summed E-state index contributed by atoms with van der Waals surface area (Å²) in [4.78, 5) is 39.1. The van der Waals surface area contributed by atoms with Gasteiger partial charge >= 0.3 is 11.9 Å². The first-order chi connectivity index (χ1) is 16.3. The molecule has 0 amide bonds. The number of cyclic esters (lactones) is 1. The molecule has 3 aromatic carbocycles. The summed E-state index contributed by atoms with van der Waals surface area (Å²) in [6, 6.07) is 16.4. The SMILES string of the molecule is COc1cc(/C=C2\N=C(c3ccc(Cl)cc3)OC2=O)ccc1OC(=O)c1ccc([N+](=O)[O-])cc1. The summed E-state index contributed by atoms with van der Waals surface area (Å²) in [7, 11) is 1.40. The number of aliphatic imine (C=N–C) groups is 1. The van der Waals surface area contributed by atoms with Crippen LogP contribution in [-0.4, -0.2) is 29.9 Å². The third kappa shape index (κ3) is 4.94. The van der Waals surface area contributed by atoms with Gasteiger partial charge in [-0.3, -0.25) is 10.1 Å². The number of rotatable bonds is 6. The van der Waals surface area contributed by atoms with Gasteiger partial charge in [-0.2, -0.15) is 0 Å². The topological polar surface area (TPSA) is 117 Å². The van der Waals surface area contributed by atoms with Gasteiger partial charge in [-0.15, -0.1) is 0 Å². The van der Waals surface area contributed by atoms with Gasteiger partial charge in [0.05, 0.1) is 17.6 Å². The lowest BCUT2D eigenvalue weighted by Gasteiger charge is -2.10. The number of esters is 2. The molecule has 0 saturated heterocycles. The Kier molecular flexibility index (Phi) is 6.37. The van der Waals surface area contributed by atoms with E-state index in [1.807, 2.05) is 0 Å². The van der Waals surface area contributed by atoms with Gasteiger partial charge in [-0.1, -0.05) is 17.7 Å². The van der Waals surface area contributed by atoms with Gasteiger partial charge in [0.2, 0.25) is 5.90 Å². The number of hydrogen-bond donors (Lipinski definition) is 0. The molecule has 1 aliphatic rings. The number of nitro benzene ring substituents is 1. The largest absolute Gasteiger partial charge is 0.493 e. The molecule has 0 fully saturated rings. The summed E-state index contributed by atoms with van der Waals surface area (Å²) in [5.41, 5.74) is 1.24. The summed E-state index contributed by atoms with van der Waals surface area (Å²) < 4.78 is 15.9. The van der Waals surface area contributed by atoms with E-state index in [4.69, 9.17) is 25.8 Å². The van der Waals surface area contributed by atoms with E-state index in [1.54, 1.807) is 36.4 Å². The van der Waals surface area contributed by atoms with Crippen LogP contribution in [0.25, 0.3) is 6.08 Å². The highest BCUT2D eigenvalue weighted by Gasteiger charge is 2.24. The summed E-state index contributed by atoms with van der Waals surface area (Å²) >= 11 is 5.88. The molecule has 0 unspecified atom stereocenters. The monoisotopic (exact) mass is 478 g/mol. The van der Waals surface area contributed by atoms with Crippen LogP contribution >= 0.6 is 11.6 Å². The van der Waals surface area contributed by atoms with Gasteiger partial charge in [0, 0.05) is 22.7 Å². The quantitative estimate of drug-likeness (QED) is 0.164. The Bertz CT molecular complexity index is 1350. The Hall–Kier alpha value is -4.50. The average Bonchev–Trinajstić information content (AvgIpc) is 3.20. The molecule has 1 aliphatic heterocycles. The summed E-state index contributed by atoms with van der Waals surface area (Å²) in [5, 5.41) is 11.3. The number of carbonyl (C=O) groups excluding carboxylic acids is 2. The number of halogens is 1. The van der Waals surface area contributed by atoms with Crippen LogP contribution in [0.4, 0.5) is 5.69 Å². The predicted molar refractivity (Wildman–Crippen MR) is 123 cm³/mol. The van der Waals surface area contributed by atoms with Crippen LogP contribution in [0, 0.1) is 10.1 Å². The van der Waals surface area contributed by atoms with Gasteiger partial charge in [0.1, 0.15) is 0 Å². The molecule has 1 heterocycles. The van der Waals surface area contributed by atoms with Gasteiger partial charge < -0.3 is 14.2 Å². The number of nitro groups is 1. The molecule has 0 aliphatic carbocycles. The molecule has 3 aromatic rings. The normalized spacial score (nSPS) is 13.9. The van der Waals surface area contributed by atoms with E-state index in [-0.39, 0.29) is 34.3 Å². The van der Waals surface area contributed by atoms with Crippen molar-refractivity contribution in [3.8, 4) is 11.5 Å². The third-order valence-electron chi connectivity index (χ3n) is 4.72. The fourth-order valence-electron chi connectivity index (χ4n) is 3.02. The number of non-ortho nitro benzene ring substituents is 1. The summed E-state index contributed by atoms with van der Waals surface area (Å²) in [6.07, 6.45) is 1.51. The second-order valence-electron chi connectivity index (χ2n) is 6.95. The third-order valence-corrected chi connectivity index (χ3v) is 4.97. The maximum Gasteiger partial charge on any atom is 0.363 e. The number of methoxy groups -OCH3 is 1. The van der Waals surface area contributed by atoms with Crippen LogP contribution in [0.1, 0.15) is 21.5 Å². The van der Waals surface area contributed by atoms with Crippen LogP contribution in [0.5, 0.6) is 11.5 Å². The molecule has 10 heteroatoms. The highest BCUT2D eigenvalue weighted by Crippen LogP contribution is 2.30. The molecule has 0 atom stereocenters. The number of ether oxygens (including phenoxy) is 3. The first-order valence-electron chi connectivity index (χ1n) is 9.77. The first kappa shape index (κ1) is 22.7. The smallest absolute Gasteiger partial charge is 0.363 e. The van der Waals surface area contributed by atoms with Crippen molar-refractivity contribution in [1.82, 2.24) is 0 Å². The Labute approximate surface area is 198 Å². The molecule has 0 aromatic heterocycles. The molecule has 4 rings (SSSR count). The lowest BCUT2D eigenvalue weighted by Crippen LogP contribution is -2.09. The molecule has 170 valence electrons. The van der Waals surface area contributed by atoms with Crippen molar-refractivity contribution in [1.29, 1.82) is 0 Å². The van der Waals surface area contributed by atoms with E-state index in [9.17, 15) is 19.7 Å². The van der Waals surface area contributed by atoms with E-state index < -0.39 is 16.9 Å². The summed E-state index contributed by atoms with van der Waals surface area (Å²) in [6.45, 7) is 0. The maximum absolute atomic E-state index is 12.4. The van der Waals surface area contributed by atoms with Gasteiger partial charge in [0.25, 0.3) is 5.69 Å². The highest BCUT2D eigenvalue weighted by molar-refractivity contribution is 6.30. The zero-order valence-electron chi connectivity index (χ0n) is 17.6. The molecular formula is C24H15ClN2O7. The molecule has 9 nitrogen and oxygen atoms in total. The van der Waals surface area contributed by atoms with Gasteiger partial charge in [-0.25, -0.2) is 14.6 Å². The van der Waals surface area contributed by atoms with Crippen LogP contribution in [-0.2, 0) is 9.53 Å². The highest BCUT2D eigenvalue weighted by atomic mass is 35.5. The van der Waals surface area contributed by atoms with E-state index in [0.717, 1.165) is 0 Å². The Balaban J connectivity index is 1.54. The van der Waals surface area contributed by atoms with E-state index in [1.165, 1.54) is 43.5 Å². The first-order valence-corrected chi connectivity index (χ1v) is 10.1. The number of benzene rings is 3. The Morgan fingerprint density at radius 2 is 1.76 bits per heavy atom. The molecule has 0 saturated carbocycles. The van der Waals surface area contributed by atoms with Crippen molar-refractivity contribution in [2.75, 3.05) is 7.11 Å². The molecule has 0 radical (unpaired) electrons. The van der Waals surface area contributed by atoms with E-state index >= 15 is 0 Å². The van der Waals surface area contributed by atoms with Crippen LogP contribution in [0.3, 0.4) is 0 Å². The van der Waals surface area contributed by atoms with Gasteiger partial charge in [-0.05, 0) is 60.2 Å². The second-order valence-corrected chi connectivity index (χ2v) is 7.38. The molecular weight excluding hydrogens is 464 g/mol. The molecule has 0 N–H and O–H groups in total. The lowest BCUT2D eigenvalue weighted by atomic mass is 10.1. The summed E-state index contributed by atoms with van der Waals surface area (Å²) in [5.74, 6) is -0.799. The standard InChI is InChI=1S/C24H15ClN2O7/c1-32-21-13-14(12-19-24(29)34-22(26-19)15-3-7-17(25)8-4-15)2-11-20(21)33-23(28)16-5-9-18(10-6-16)27(30)31/h2-13H,1H3/b19-12-. The van der Waals surface area contributed by atoms with Crippen LogP contribution < -0.4 is 9.47 Å². The van der Waals surface area contributed by atoms with Crippen molar-refractivity contribution < 1.29 is 28.7 Å². The maximum atomic E-state index is 12.4. The lowest BCUT2D eigenvalue weighted by molar-refractivity contribution is -0.384. The van der Waals surface area contributed by atoms with Crippen molar-refractivity contribution in [2.24, 2.45) is 4.99 Å². The predicted octanol–water partition coefficient (Wildman–Crippen LogP) is 4.82. The zero-order valence-corrected chi connectivity index (χ0v) is 18.3. The fourth-order valence-corrected chi connectivity index (χ4v) is 3.15. The molecule has 0 bridgehead atoms. The minimum absolute atomic E-state index is 0.0858. The Morgan fingerprint density at radius 1 is 1.06 bits per heavy atom. The van der Waals surface area contributed by atoms with Crippen LogP contribution in [0.2, 0.25) is 5.02 Å². The fraction of sp³-hybridized carbons (Fsp3) is 0.0417. The number of carbonyl (C=O) groups is 2. The number of nitrogens with zero attached hydrogens (tertiary/aromatic N) is 2. The van der Waals surface area contributed by atoms with Crippen molar-refractivity contribution in [2.45, 2.75) is 0 Å². The van der Waals surface area contributed by atoms with Gasteiger partial charge in [0.15, 0.2) is 17.2 Å². The second kappa shape index (κ2) is 9.55. The minimum Gasteiger partial charge on any atom is -0.493 e. The average molecular weight is 479 g/mol.